The van der Waals surface area contributed by atoms with Gasteiger partial charge in [0.15, 0.2) is 0 Å². The first kappa shape index (κ1) is 19.0. The van der Waals surface area contributed by atoms with E-state index in [1.807, 2.05) is 35.7 Å². The van der Waals surface area contributed by atoms with Gasteiger partial charge in [-0.2, -0.15) is 0 Å². The van der Waals surface area contributed by atoms with E-state index < -0.39 is 0 Å². The summed E-state index contributed by atoms with van der Waals surface area (Å²) in [6, 6.07) is 9.93. The number of nitrogens with zero attached hydrogens (tertiary/aromatic N) is 1. The van der Waals surface area contributed by atoms with Crippen molar-refractivity contribution in [2.24, 2.45) is 5.92 Å². The number of hydrogen-bond donors (Lipinski definition) is 2. The van der Waals surface area contributed by atoms with Crippen LogP contribution in [0.2, 0.25) is 0 Å². The highest BCUT2D eigenvalue weighted by atomic mass is 32.1. The molecule has 28 heavy (non-hydrogen) atoms. The Labute approximate surface area is 170 Å². The third-order valence-electron chi connectivity index (χ3n) is 5.48. The van der Waals surface area contributed by atoms with E-state index >= 15 is 0 Å². The number of piperidine rings is 1. The summed E-state index contributed by atoms with van der Waals surface area (Å²) in [7, 11) is 0. The molecule has 1 saturated heterocycles. The summed E-state index contributed by atoms with van der Waals surface area (Å²) in [5, 5.41) is 8.02. The molecule has 0 unspecified atom stereocenters. The summed E-state index contributed by atoms with van der Waals surface area (Å²) >= 11 is 1.57. The van der Waals surface area contributed by atoms with Crippen molar-refractivity contribution in [3.63, 3.8) is 0 Å². The average molecular weight is 398 g/mol. The lowest BCUT2D eigenvalue weighted by Crippen LogP contribution is -2.35. The Hall–Kier alpha value is -2.34. The highest BCUT2D eigenvalue weighted by molar-refractivity contribution is 7.10. The molecule has 2 aromatic rings. The molecule has 1 aliphatic heterocycles. The van der Waals surface area contributed by atoms with Gasteiger partial charge in [-0.3, -0.25) is 9.59 Å². The third-order valence-corrected chi connectivity index (χ3v) is 6.35. The van der Waals surface area contributed by atoms with Gasteiger partial charge in [0, 0.05) is 35.4 Å². The van der Waals surface area contributed by atoms with Crippen molar-refractivity contribution < 1.29 is 9.59 Å². The Bertz CT molecular complexity index is 837. The van der Waals surface area contributed by atoms with Crippen LogP contribution in [-0.4, -0.2) is 30.9 Å². The number of amides is 2. The van der Waals surface area contributed by atoms with E-state index in [1.54, 1.807) is 11.3 Å². The molecule has 1 aliphatic carbocycles. The summed E-state index contributed by atoms with van der Waals surface area (Å²) in [6.45, 7) is 4.22. The Morgan fingerprint density at radius 2 is 1.93 bits per heavy atom. The number of thiophene rings is 1. The Morgan fingerprint density at radius 1 is 1.14 bits per heavy atom. The smallest absolute Gasteiger partial charge is 0.253 e. The van der Waals surface area contributed by atoms with Gasteiger partial charge >= 0.3 is 0 Å². The number of nitrogens with one attached hydrogen (secondary N) is 2. The minimum atomic E-state index is -0.0597. The van der Waals surface area contributed by atoms with Crippen molar-refractivity contribution >= 4 is 34.5 Å². The van der Waals surface area contributed by atoms with E-state index in [4.69, 9.17) is 0 Å². The van der Waals surface area contributed by atoms with Gasteiger partial charge in [-0.05, 0) is 61.2 Å². The molecule has 0 bridgehead atoms. The van der Waals surface area contributed by atoms with Gasteiger partial charge in [0.25, 0.3) is 5.91 Å². The Kier molecular flexibility index (Phi) is 5.67. The summed E-state index contributed by atoms with van der Waals surface area (Å²) in [5.74, 6) is 0.636. The van der Waals surface area contributed by atoms with Crippen molar-refractivity contribution in [2.45, 2.75) is 45.1 Å². The molecule has 6 heteroatoms. The van der Waals surface area contributed by atoms with Crippen LogP contribution in [0, 0.1) is 5.92 Å². The molecule has 2 fully saturated rings. The first-order valence-electron chi connectivity index (χ1n) is 10.1. The summed E-state index contributed by atoms with van der Waals surface area (Å²) in [5.41, 5.74) is 2.31. The molecule has 2 heterocycles. The lowest BCUT2D eigenvalue weighted by Gasteiger charge is -2.33. The lowest BCUT2D eigenvalue weighted by molar-refractivity contribution is -0.115. The van der Waals surface area contributed by atoms with Crippen LogP contribution in [0.3, 0.4) is 0 Å². The predicted octanol–water partition coefficient (Wildman–Crippen LogP) is 4.06. The van der Waals surface area contributed by atoms with E-state index in [9.17, 15) is 9.59 Å². The predicted molar refractivity (Wildman–Crippen MR) is 114 cm³/mol. The number of rotatable bonds is 6. The zero-order valence-corrected chi connectivity index (χ0v) is 17.1. The van der Waals surface area contributed by atoms with Crippen LogP contribution in [-0.2, 0) is 11.2 Å². The molecule has 4 rings (SSSR count). The summed E-state index contributed by atoms with van der Waals surface area (Å²) in [4.78, 5) is 28.6. The van der Waals surface area contributed by atoms with Crippen molar-refractivity contribution in [1.82, 2.24) is 5.32 Å². The van der Waals surface area contributed by atoms with Crippen LogP contribution in [0.25, 0.3) is 0 Å². The second-order valence-electron chi connectivity index (χ2n) is 7.95. The molecule has 0 spiro atoms. The van der Waals surface area contributed by atoms with Crippen molar-refractivity contribution in [3.8, 4) is 0 Å². The molecule has 1 aromatic carbocycles. The van der Waals surface area contributed by atoms with Gasteiger partial charge in [-0.25, -0.2) is 0 Å². The molecule has 0 atom stereocenters. The number of carbonyl (C=O) groups is 2. The van der Waals surface area contributed by atoms with Crippen molar-refractivity contribution in [1.29, 1.82) is 0 Å². The van der Waals surface area contributed by atoms with Crippen LogP contribution in [0.5, 0.6) is 0 Å². The number of anilines is 2. The van der Waals surface area contributed by atoms with Crippen molar-refractivity contribution in [3.05, 3.63) is 46.2 Å². The number of hydrogen-bond acceptors (Lipinski definition) is 4. The molecule has 1 aromatic heterocycles. The largest absolute Gasteiger partial charge is 0.371 e. The van der Waals surface area contributed by atoms with Crippen molar-refractivity contribution in [2.75, 3.05) is 23.3 Å². The molecule has 2 aliphatic rings. The molecule has 1 saturated carbocycles. The number of carbonyl (C=O) groups excluding carboxylic acids is 2. The molecule has 148 valence electrons. The van der Waals surface area contributed by atoms with Gasteiger partial charge in [-0.15, -0.1) is 11.3 Å². The molecule has 5 nitrogen and oxygen atoms in total. The molecular formula is C22H27N3O2S. The van der Waals surface area contributed by atoms with Crippen LogP contribution in [0.4, 0.5) is 11.4 Å². The van der Waals surface area contributed by atoms with Gasteiger partial charge in [0.05, 0.1) is 12.0 Å². The van der Waals surface area contributed by atoms with E-state index in [0.717, 1.165) is 55.3 Å². The van der Waals surface area contributed by atoms with Gasteiger partial charge in [0.1, 0.15) is 0 Å². The van der Waals surface area contributed by atoms with Crippen LogP contribution in [0.1, 0.15) is 47.8 Å². The van der Waals surface area contributed by atoms with E-state index in [0.29, 0.717) is 23.7 Å². The normalized spacial score (nSPS) is 17.4. The zero-order valence-electron chi connectivity index (χ0n) is 16.2. The molecule has 0 radical (unpaired) electrons. The van der Waals surface area contributed by atoms with E-state index in [-0.39, 0.29) is 11.8 Å². The molecule has 2 amide bonds. The first-order valence-corrected chi connectivity index (χ1v) is 11.0. The second-order valence-corrected chi connectivity index (χ2v) is 8.99. The molecule has 2 N–H and O–H groups in total. The maximum atomic E-state index is 12.9. The van der Waals surface area contributed by atoms with E-state index in [2.05, 4.69) is 22.5 Å². The second kappa shape index (κ2) is 8.35. The topological polar surface area (TPSA) is 61.4 Å². The zero-order chi connectivity index (χ0) is 19.5. The lowest BCUT2D eigenvalue weighted by atomic mass is 9.97. The first-order chi connectivity index (χ1) is 13.6. The SMILES string of the molecule is CC1CCN(c2ccc(NC(=O)Cc3cccs3)cc2C(=O)NC2CC2)CC1. The van der Waals surface area contributed by atoms with Gasteiger partial charge in [-0.1, -0.05) is 13.0 Å². The highest BCUT2D eigenvalue weighted by Crippen LogP contribution is 2.30. The third kappa shape index (κ3) is 4.73. The summed E-state index contributed by atoms with van der Waals surface area (Å²) in [6.07, 6.45) is 4.75. The fraction of sp³-hybridized carbons (Fsp3) is 0.455. The number of benzene rings is 1. The maximum absolute atomic E-state index is 12.9. The van der Waals surface area contributed by atoms with Gasteiger partial charge in [0.2, 0.25) is 5.91 Å². The monoisotopic (exact) mass is 397 g/mol. The Morgan fingerprint density at radius 3 is 2.61 bits per heavy atom. The van der Waals surface area contributed by atoms with Gasteiger partial charge < -0.3 is 15.5 Å². The minimum Gasteiger partial charge on any atom is -0.371 e. The van der Waals surface area contributed by atoms with E-state index in [1.165, 1.54) is 0 Å². The minimum absolute atomic E-state index is 0.0366. The van der Waals surface area contributed by atoms with Crippen LogP contribution < -0.4 is 15.5 Å². The molecular weight excluding hydrogens is 370 g/mol. The fourth-order valence-corrected chi connectivity index (χ4v) is 4.29. The standard InChI is InChI=1S/C22H27N3O2S/c1-15-8-10-25(11-9-15)20-7-6-17(13-19(20)22(27)24-16-4-5-16)23-21(26)14-18-3-2-12-28-18/h2-3,6-7,12-13,15-16H,4-5,8-11,14H2,1H3,(H,23,26)(H,24,27). The van der Waals surface area contributed by atoms with Crippen LogP contribution in [0.15, 0.2) is 35.7 Å². The highest BCUT2D eigenvalue weighted by Gasteiger charge is 2.27. The maximum Gasteiger partial charge on any atom is 0.253 e. The quantitative estimate of drug-likeness (QED) is 0.773. The Balaban J connectivity index is 1.52. The van der Waals surface area contributed by atoms with Crippen LogP contribution >= 0.6 is 11.3 Å². The fourth-order valence-electron chi connectivity index (χ4n) is 3.59. The average Bonchev–Trinajstić information content (AvgIpc) is 3.35. The summed E-state index contributed by atoms with van der Waals surface area (Å²) < 4.78 is 0.